The van der Waals surface area contributed by atoms with Gasteiger partial charge in [-0.25, -0.2) is 0 Å². The van der Waals surface area contributed by atoms with Gasteiger partial charge in [0.05, 0.1) is 0 Å². The Bertz CT molecular complexity index is 223. The van der Waals surface area contributed by atoms with Crippen molar-refractivity contribution in [2.45, 2.75) is 39.2 Å². The number of piperidine rings is 1. The fourth-order valence-electron chi connectivity index (χ4n) is 2.21. The second-order valence-electron chi connectivity index (χ2n) is 5.14. The van der Waals surface area contributed by atoms with Gasteiger partial charge in [0.25, 0.3) is 0 Å². The van der Waals surface area contributed by atoms with Crippen molar-refractivity contribution in [3.8, 4) is 0 Å². The maximum atomic E-state index is 11.9. The largest absolute Gasteiger partial charge is 0.384 e. The number of hydrogen-bond acceptors (Lipinski definition) is 3. The quantitative estimate of drug-likeness (QED) is 0.762. The topological polar surface area (TPSA) is 41.6 Å². The Balaban J connectivity index is 2.17. The molecule has 1 N–H and O–H groups in total. The Morgan fingerprint density at radius 2 is 2.06 bits per heavy atom. The van der Waals surface area contributed by atoms with Crippen molar-refractivity contribution in [2.75, 3.05) is 33.4 Å². The number of nitrogens with zero attached hydrogens (tertiary/aromatic N) is 1. The molecule has 100 valence electrons. The number of amides is 1. The summed E-state index contributed by atoms with van der Waals surface area (Å²) < 4.78 is 5.15. The first-order valence-electron chi connectivity index (χ1n) is 6.63. The van der Waals surface area contributed by atoms with Gasteiger partial charge in [0.2, 0.25) is 5.91 Å². The minimum absolute atomic E-state index is 0.286. The van der Waals surface area contributed by atoms with Crippen LogP contribution >= 0.6 is 0 Å². The van der Waals surface area contributed by atoms with E-state index in [4.69, 9.17) is 4.74 Å². The molecule has 1 fully saturated rings. The van der Waals surface area contributed by atoms with Crippen LogP contribution in [0.1, 0.15) is 33.1 Å². The van der Waals surface area contributed by atoms with Gasteiger partial charge < -0.3 is 15.0 Å². The molecule has 0 atom stereocenters. The first kappa shape index (κ1) is 14.5. The summed E-state index contributed by atoms with van der Waals surface area (Å²) in [4.78, 5) is 13.9. The lowest BCUT2D eigenvalue weighted by Crippen LogP contribution is -2.40. The monoisotopic (exact) mass is 242 g/mol. The van der Waals surface area contributed by atoms with E-state index in [2.05, 4.69) is 19.2 Å². The highest BCUT2D eigenvalue weighted by Gasteiger charge is 2.22. The lowest BCUT2D eigenvalue weighted by Gasteiger charge is -2.31. The van der Waals surface area contributed by atoms with E-state index in [1.54, 1.807) is 7.11 Å². The molecule has 0 unspecified atom stereocenters. The van der Waals surface area contributed by atoms with E-state index in [9.17, 15) is 4.79 Å². The molecule has 1 heterocycles. The Morgan fingerprint density at radius 1 is 1.41 bits per heavy atom. The smallest absolute Gasteiger partial charge is 0.223 e. The fraction of sp³-hybridized carbons (Fsp3) is 0.923. The molecule has 0 radical (unpaired) electrons. The summed E-state index contributed by atoms with van der Waals surface area (Å²) in [6.45, 7) is 7.61. The Hall–Kier alpha value is -0.610. The summed E-state index contributed by atoms with van der Waals surface area (Å²) in [7, 11) is 1.75. The van der Waals surface area contributed by atoms with Crippen molar-refractivity contribution in [1.82, 2.24) is 10.2 Å². The zero-order valence-electron chi connectivity index (χ0n) is 11.4. The van der Waals surface area contributed by atoms with Crippen LogP contribution in [0.5, 0.6) is 0 Å². The van der Waals surface area contributed by atoms with E-state index < -0.39 is 0 Å². The molecule has 1 rings (SSSR count). The molecule has 4 heteroatoms. The highest BCUT2D eigenvalue weighted by molar-refractivity contribution is 5.76. The zero-order chi connectivity index (χ0) is 12.7. The highest BCUT2D eigenvalue weighted by atomic mass is 16.5. The summed E-state index contributed by atoms with van der Waals surface area (Å²) in [6, 6.07) is 0.454. The molecule has 0 aromatic heterocycles. The van der Waals surface area contributed by atoms with Crippen LogP contribution in [-0.2, 0) is 9.53 Å². The number of hydrogen-bond donors (Lipinski definition) is 1. The first-order valence-corrected chi connectivity index (χ1v) is 6.63. The summed E-state index contributed by atoms with van der Waals surface area (Å²) in [5.74, 6) is 0.923. The molecule has 0 aliphatic carbocycles. The molecule has 17 heavy (non-hydrogen) atoms. The maximum Gasteiger partial charge on any atom is 0.223 e. The number of likely N-dealkylation sites (tertiary alicyclic amines) is 1. The predicted octanol–water partition coefficient (Wildman–Crippen LogP) is 1.26. The minimum Gasteiger partial charge on any atom is -0.384 e. The molecular formula is C13H26N2O2. The normalized spacial score (nSPS) is 17.8. The number of methoxy groups -OCH3 is 1. The Kier molecular flexibility index (Phi) is 6.52. The van der Waals surface area contributed by atoms with Crippen molar-refractivity contribution in [3.63, 3.8) is 0 Å². The van der Waals surface area contributed by atoms with Crippen LogP contribution in [0.3, 0.4) is 0 Å². The molecule has 4 nitrogen and oxygen atoms in total. The van der Waals surface area contributed by atoms with Crippen LogP contribution in [0.25, 0.3) is 0 Å². The molecule has 0 spiro atoms. The summed E-state index contributed by atoms with van der Waals surface area (Å²) in [6.07, 6.45) is 2.78. The fourth-order valence-corrected chi connectivity index (χ4v) is 2.21. The van der Waals surface area contributed by atoms with E-state index in [0.717, 1.165) is 39.1 Å². The molecule has 0 aromatic rings. The van der Waals surface area contributed by atoms with Crippen molar-refractivity contribution in [1.29, 1.82) is 0 Å². The predicted molar refractivity (Wildman–Crippen MR) is 68.9 cm³/mol. The van der Waals surface area contributed by atoms with Gasteiger partial charge in [0.15, 0.2) is 0 Å². The van der Waals surface area contributed by atoms with Crippen molar-refractivity contribution in [3.05, 3.63) is 0 Å². The lowest BCUT2D eigenvalue weighted by atomic mass is 9.97. The molecule has 1 saturated heterocycles. The number of carbonyl (C=O) groups excluding carboxylic acids is 1. The third-order valence-corrected chi connectivity index (χ3v) is 3.26. The minimum atomic E-state index is 0.286. The van der Waals surface area contributed by atoms with Crippen molar-refractivity contribution >= 4 is 5.91 Å². The zero-order valence-corrected chi connectivity index (χ0v) is 11.4. The standard InChI is InChI=1S/C13H26N2O2/c1-11(2)14-7-4-13(16)15-8-5-12(6-9-15)10-17-3/h11-12,14H,4-10H2,1-3H3. The third-order valence-electron chi connectivity index (χ3n) is 3.26. The van der Waals surface area contributed by atoms with Crippen LogP contribution in [0.2, 0.25) is 0 Å². The highest BCUT2D eigenvalue weighted by Crippen LogP contribution is 2.17. The SMILES string of the molecule is COCC1CCN(C(=O)CCNC(C)C)CC1. The molecule has 1 aliphatic heterocycles. The Morgan fingerprint density at radius 3 is 2.59 bits per heavy atom. The van der Waals surface area contributed by atoms with Crippen LogP contribution in [0, 0.1) is 5.92 Å². The van der Waals surface area contributed by atoms with E-state index in [1.807, 2.05) is 4.90 Å². The molecule has 0 saturated carbocycles. The van der Waals surface area contributed by atoms with Crippen LogP contribution in [0.15, 0.2) is 0 Å². The molecular weight excluding hydrogens is 216 g/mol. The summed E-state index contributed by atoms with van der Waals surface area (Å²) in [5, 5.41) is 3.28. The Labute approximate surface area is 105 Å². The van der Waals surface area contributed by atoms with E-state index in [0.29, 0.717) is 18.4 Å². The van der Waals surface area contributed by atoms with Gasteiger partial charge in [-0.05, 0) is 18.8 Å². The van der Waals surface area contributed by atoms with Crippen molar-refractivity contribution < 1.29 is 9.53 Å². The number of ether oxygens (including phenoxy) is 1. The third kappa shape index (κ3) is 5.50. The van der Waals surface area contributed by atoms with Gasteiger partial charge >= 0.3 is 0 Å². The second-order valence-corrected chi connectivity index (χ2v) is 5.14. The van der Waals surface area contributed by atoms with E-state index >= 15 is 0 Å². The number of nitrogens with one attached hydrogen (secondary N) is 1. The average molecular weight is 242 g/mol. The van der Waals surface area contributed by atoms with Gasteiger partial charge in [-0.2, -0.15) is 0 Å². The van der Waals surface area contributed by atoms with Gasteiger partial charge in [0.1, 0.15) is 0 Å². The molecule has 1 aliphatic rings. The summed E-state index contributed by atoms with van der Waals surface area (Å²) >= 11 is 0. The van der Waals surface area contributed by atoms with Gasteiger partial charge in [-0.3, -0.25) is 4.79 Å². The second kappa shape index (κ2) is 7.67. The first-order chi connectivity index (χ1) is 8.13. The summed E-state index contributed by atoms with van der Waals surface area (Å²) in [5.41, 5.74) is 0. The van der Waals surface area contributed by atoms with E-state index in [-0.39, 0.29) is 5.91 Å². The maximum absolute atomic E-state index is 11.9. The van der Waals surface area contributed by atoms with Gasteiger partial charge in [-0.15, -0.1) is 0 Å². The molecule has 1 amide bonds. The van der Waals surface area contributed by atoms with E-state index in [1.165, 1.54) is 0 Å². The van der Waals surface area contributed by atoms with Crippen LogP contribution in [-0.4, -0.2) is 50.2 Å². The number of rotatable bonds is 6. The van der Waals surface area contributed by atoms with Crippen LogP contribution in [0.4, 0.5) is 0 Å². The molecule has 0 bridgehead atoms. The van der Waals surface area contributed by atoms with Crippen molar-refractivity contribution in [2.24, 2.45) is 5.92 Å². The van der Waals surface area contributed by atoms with Gasteiger partial charge in [0, 0.05) is 45.8 Å². The number of carbonyl (C=O) groups is 1. The van der Waals surface area contributed by atoms with Crippen LogP contribution < -0.4 is 5.32 Å². The molecule has 0 aromatic carbocycles. The van der Waals surface area contributed by atoms with Gasteiger partial charge in [-0.1, -0.05) is 13.8 Å². The average Bonchev–Trinajstić information content (AvgIpc) is 2.30. The lowest BCUT2D eigenvalue weighted by molar-refractivity contribution is -0.132.